The zero-order valence-corrected chi connectivity index (χ0v) is 32.1. The average Bonchev–Trinajstić information content (AvgIpc) is 3.93. The number of hydrogen-bond acceptors (Lipinski definition) is 8. The van der Waals surface area contributed by atoms with Crippen LogP contribution in [0.15, 0.2) is 128 Å². The molecule has 0 spiro atoms. The second-order valence-corrected chi connectivity index (χ2v) is 13.6. The number of imidazole rings is 2. The minimum absolute atomic E-state index is 0.0134. The fraction of sp³-hybridized carbons (Fsp3) is 0.143. The lowest BCUT2D eigenvalue weighted by Crippen LogP contribution is -2.39. The molecule has 4 aromatic heterocycles. The Hall–Kier alpha value is -8.02. The van der Waals surface area contributed by atoms with Gasteiger partial charge in [-0.15, -0.1) is 0 Å². The van der Waals surface area contributed by atoms with Gasteiger partial charge >= 0.3 is 11.4 Å². The summed E-state index contributed by atoms with van der Waals surface area (Å²) in [6, 6.07) is 31.0. The van der Waals surface area contributed by atoms with E-state index in [9.17, 15) is 37.5 Å². The van der Waals surface area contributed by atoms with Crippen molar-refractivity contribution in [2.75, 3.05) is 0 Å². The van der Waals surface area contributed by atoms with E-state index in [0.717, 1.165) is 42.5 Å². The van der Waals surface area contributed by atoms with Crippen molar-refractivity contribution >= 4 is 34.1 Å². The van der Waals surface area contributed by atoms with Gasteiger partial charge in [-0.3, -0.25) is 37.4 Å². The number of aromatic amines is 2. The van der Waals surface area contributed by atoms with Gasteiger partial charge in [-0.1, -0.05) is 97.1 Å². The molecule has 0 radical (unpaired) electrons. The summed E-state index contributed by atoms with van der Waals surface area (Å²) >= 11 is 0. The topological polar surface area (TPSA) is 204 Å². The summed E-state index contributed by atoms with van der Waals surface area (Å²) in [6.45, 7) is 0.440. The van der Waals surface area contributed by atoms with E-state index in [-0.39, 0.29) is 59.2 Å². The number of aryl methyl sites for hydroxylation is 2. The molecule has 4 heterocycles. The summed E-state index contributed by atoms with van der Waals surface area (Å²) in [5, 5.41) is 5.44. The lowest BCUT2D eigenvalue weighted by Gasteiger charge is -2.08. The molecule has 4 N–H and O–H groups in total. The molecule has 2 amide bonds. The highest BCUT2D eigenvalue weighted by molar-refractivity contribution is 5.94. The highest BCUT2D eigenvalue weighted by atomic mass is 19.2. The standard InChI is InChI=1S/C21H17F2N5O3.C21H19N5O3/c1-27-18-16(25-17(26-18)19(29)24-10-12-5-3-2-4-6-12)20(30)28(21(27)31)11-13-7-8-14(22)15(23)9-13;1-25-18-16(20(28)26(21(25)29)13-15-10-6-3-7-11-15)23-17(24-18)19(27)22-12-14-8-4-2-5-9-14/h2-9H,10-11H2,1H3,(H,24,29)(H,25,26);2-11H,12-13H2,1H3,(H,22,27)(H,23,24). The molecular formula is C42H36F2N10O6. The first-order valence-electron chi connectivity index (χ1n) is 18.4. The van der Waals surface area contributed by atoms with Crippen LogP contribution >= 0.6 is 0 Å². The number of carbonyl (C=O) groups excluding carboxylic acids is 2. The van der Waals surface area contributed by atoms with Crippen LogP contribution in [0.2, 0.25) is 0 Å². The zero-order chi connectivity index (χ0) is 42.5. The predicted octanol–water partition coefficient (Wildman–Crippen LogP) is 3.08. The Balaban J connectivity index is 0.000000182. The maximum atomic E-state index is 13.5. The molecule has 16 nitrogen and oxygen atoms in total. The number of nitrogens with one attached hydrogen (secondary N) is 4. The first-order chi connectivity index (χ1) is 28.9. The minimum Gasteiger partial charge on any atom is -0.345 e. The predicted molar refractivity (Wildman–Crippen MR) is 217 cm³/mol. The molecule has 0 fully saturated rings. The van der Waals surface area contributed by atoms with Crippen molar-refractivity contribution < 1.29 is 18.4 Å². The van der Waals surface area contributed by atoms with E-state index in [0.29, 0.717) is 6.54 Å². The number of hydrogen-bond donors (Lipinski definition) is 4. The van der Waals surface area contributed by atoms with Crippen molar-refractivity contribution in [1.29, 1.82) is 0 Å². The van der Waals surface area contributed by atoms with Crippen molar-refractivity contribution in [3.63, 3.8) is 0 Å². The van der Waals surface area contributed by atoms with Gasteiger partial charge in [0.15, 0.2) is 34.3 Å². The van der Waals surface area contributed by atoms with Gasteiger partial charge in [0.25, 0.3) is 22.9 Å². The molecule has 0 bridgehead atoms. The third-order valence-electron chi connectivity index (χ3n) is 9.50. The summed E-state index contributed by atoms with van der Waals surface area (Å²) in [7, 11) is 2.95. The molecule has 0 saturated carbocycles. The van der Waals surface area contributed by atoms with Gasteiger partial charge in [0.2, 0.25) is 0 Å². The van der Waals surface area contributed by atoms with Crippen LogP contribution in [-0.2, 0) is 40.3 Å². The Kier molecular flexibility index (Phi) is 11.5. The Morgan fingerprint density at radius 1 is 0.550 bits per heavy atom. The highest BCUT2D eigenvalue weighted by Crippen LogP contribution is 2.11. The van der Waals surface area contributed by atoms with Crippen LogP contribution in [0.1, 0.15) is 43.5 Å². The zero-order valence-electron chi connectivity index (χ0n) is 32.1. The Morgan fingerprint density at radius 2 is 0.950 bits per heavy atom. The second-order valence-electron chi connectivity index (χ2n) is 13.6. The number of rotatable bonds is 10. The molecule has 60 heavy (non-hydrogen) atoms. The molecule has 0 unspecified atom stereocenters. The maximum Gasteiger partial charge on any atom is 0.332 e. The fourth-order valence-electron chi connectivity index (χ4n) is 6.30. The Morgan fingerprint density at radius 3 is 1.37 bits per heavy atom. The number of benzene rings is 4. The largest absolute Gasteiger partial charge is 0.345 e. The summed E-state index contributed by atoms with van der Waals surface area (Å²) in [6.07, 6.45) is 0. The van der Waals surface area contributed by atoms with Crippen LogP contribution in [0, 0.1) is 11.6 Å². The smallest absolute Gasteiger partial charge is 0.332 e. The molecule has 0 saturated heterocycles. The van der Waals surface area contributed by atoms with Gasteiger partial charge in [0.1, 0.15) is 11.3 Å². The summed E-state index contributed by atoms with van der Waals surface area (Å²) < 4.78 is 31.0. The van der Waals surface area contributed by atoms with Gasteiger partial charge in [0.05, 0.1) is 13.1 Å². The highest BCUT2D eigenvalue weighted by Gasteiger charge is 2.21. The lowest BCUT2D eigenvalue weighted by molar-refractivity contribution is 0.0934. The summed E-state index contributed by atoms with van der Waals surface area (Å²) in [5.74, 6) is -3.24. The van der Waals surface area contributed by atoms with E-state index in [4.69, 9.17) is 0 Å². The number of aromatic nitrogens is 8. The summed E-state index contributed by atoms with van der Waals surface area (Å²) in [5.41, 5.74) is 0.650. The number of amides is 2. The van der Waals surface area contributed by atoms with Crippen LogP contribution in [0.3, 0.4) is 0 Å². The van der Waals surface area contributed by atoms with Crippen LogP contribution in [0.5, 0.6) is 0 Å². The van der Waals surface area contributed by atoms with Gasteiger partial charge in [-0.25, -0.2) is 28.3 Å². The second kappa shape index (κ2) is 17.2. The maximum absolute atomic E-state index is 13.5. The first kappa shape index (κ1) is 40.2. The summed E-state index contributed by atoms with van der Waals surface area (Å²) in [4.78, 5) is 89.7. The SMILES string of the molecule is Cn1c(=O)n(Cc2ccc(F)c(F)c2)c(=O)c2nc(C(=O)NCc3ccccc3)[nH]c21.Cn1c(=O)n(Cc2ccccc2)c(=O)c2nc(C(=O)NCc3ccccc3)[nH]c21. The molecule has 4 aromatic carbocycles. The van der Waals surface area contributed by atoms with Gasteiger partial charge in [-0.2, -0.15) is 0 Å². The van der Waals surface area contributed by atoms with E-state index in [2.05, 4.69) is 30.6 Å². The first-order valence-corrected chi connectivity index (χ1v) is 18.4. The van der Waals surface area contributed by atoms with Crippen molar-refractivity contribution in [1.82, 2.24) is 48.8 Å². The molecule has 0 aliphatic rings. The van der Waals surface area contributed by atoms with Crippen LogP contribution < -0.4 is 33.1 Å². The van der Waals surface area contributed by atoms with Crippen molar-refractivity contribution in [3.8, 4) is 0 Å². The molecule has 0 aliphatic heterocycles. The van der Waals surface area contributed by atoms with Gasteiger partial charge in [0, 0.05) is 27.2 Å². The normalized spacial score (nSPS) is 11.0. The number of nitrogens with zero attached hydrogens (tertiary/aromatic N) is 6. The van der Waals surface area contributed by atoms with Crippen LogP contribution in [0.25, 0.3) is 22.3 Å². The quantitative estimate of drug-likeness (QED) is 0.161. The number of fused-ring (bicyclic) bond motifs is 2. The number of carbonyl (C=O) groups is 2. The molecule has 18 heteroatoms. The van der Waals surface area contributed by atoms with Crippen LogP contribution in [-0.4, -0.2) is 50.0 Å². The molecule has 8 aromatic rings. The Bertz CT molecular complexity index is 3120. The van der Waals surface area contributed by atoms with E-state index in [1.54, 1.807) is 0 Å². The third-order valence-corrected chi connectivity index (χ3v) is 9.50. The minimum atomic E-state index is -1.08. The van der Waals surface area contributed by atoms with Crippen LogP contribution in [0.4, 0.5) is 8.78 Å². The lowest BCUT2D eigenvalue weighted by atomic mass is 10.2. The van der Waals surface area contributed by atoms with Gasteiger partial charge < -0.3 is 20.6 Å². The van der Waals surface area contributed by atoms with E-state index in [1.165, 1.54) is 24.7 Å². The molecule has 0 aliphatic carbocycles. The van der Waals surface area contributed by atoms with Crippen molar-refractivity contribution in [3.05, 3.63) is 196 Å². The Labute approximate surface area is 337 Å². The number of halogens is 2. The van der Waals surface area contributed by atoms with E-state index < -0.39 is 45.9 Å². The monoisotopic (exact) mass is 814 g/mol. The van der Waals surface area contributed by atoms with Crippen molar-refractivity contribution in [2.24, 2.45) is 14.1 Å². The van der Waals surface area contributed by atoms with Gasteiger partial charge in [-0.05, 0) is 34.4 Å². The van der Waals surface area contributed by atoms with E-state index in [1.807, 2.05) is 91.0 Å². The molecule has 8 rings (SSSR count). The molecule has 304 valence electrons. The van der Waals surface area contributed by atoms with E-state index >= 15 is 0 Å². The van der Waals surface area contributed by atoms with Crippen molar-refractivity contribution in [2.45, 2.75) is 26.2 Å². The fourth-order valence-corrected chi connectivity index (χ4v) is 6.30. The average molecular weight is 815 g/mol. The molecule has 0 atom stereocenters. The molecular weight excluding hydrogens is 779 g/mol. The third kappa shape index (κ3) is 8.47. The number of H-pyrrole nitrogens is 2.